The molecule has 0 saturated carbocycles. The summed E-state index contributed by atoms with van der Waals surface area (Å²) in [7, 11) is 0. The molecule has 0 aliphatic rings. The largest absolute Gasteiger partial charge is 0.418 e. The van der Waals surface area contributed by atoms with Gasteiger partial charge < -0.3 is 10.6 Å². The molecule has 1 amide bonds. The molecule has 0 fully saturated rings. The standard InChI is InChI=1S/C15H11ClF4N2O/c16-9-5-6-12(10(7-9)15(18,19)20)21-8-14(23)22-13-4-2-1-3-11(13)17/h1-7,21H,8H2,(H,22,23). The Bertz CT molecular complexity index is 719. The molecule has 0 spiro atoms. The fraction of sp³-hybridized carbons (Fsp3) is 0.133. The quantitative estimate of drug-likeness (QED) is 0.797. The van der Waals surface area contributed by atoms with Crippen LogP contribution in [0.25, 0.3) is 0 Å². The molecule has 2 aromatic rings. The molecule has 0 bridgehead atoms. The van der Waals surface area contributed by atoms with Gasteiger partial charge in [0.1, 0.15) is 5.82 Å². The van der Waals surface area contributed by atoms with Crippen molar-refractivity contribution in [2.75, 3.05) is 17.2 Å². The Hall–Kier alpha value is -2.28. The van der Waals surface area contributed by atoms with Crippen LogP contribution in [0.15, 0.2) is 42.5 Å². The monoisotopic (exact) mass is 346 g/mol. The van der Waals surface area contributed by atoms with Crippen molar-refractivity contribution < 1.29 is 22.4 Å². The van der Waals surface area contributed by atoms with E-state index in [0.717, 1.165) is 18.2 Å². The van der Waals surface area contributed by atoms with Crippen LogP contribution in [0.2, 0.25) is 5.02 Å². The molecule has 2 rings (SSSR count). The zero-order valence-electron chi connectivity index (χ0n) is 11.5. The summed E-state index contributed by atoms with van der Waals surface area (Å²) >= 11 is 5.56. The second-order valence-corrected chi connectivity index (χ2v) is 5.01. The zero-order chi connectivity index (χ0) is 17.0. The van der Waals surface area contributed by atoms with Crippen molar-refractivity contribution in [1.82, 2.24) is 0 Å². The number of anilines is 2. The van der Waals surface area contributed by atoms with E-state index in [-0.39, 0.29) is 16.4 Å². The summed E-state index contributed by atoms with van der Waals surface area (Å²) in [6.07, 6.45) is -4.62. The molecule has 122 valence electrons. The molecule has 2 N–H and O–H groups in total. The molecule has 0 aromatic heterocycles. The third kappa shape index (κ3) is 4.59. The molecule has 0 aliphatic carbocycles. The van der Waals surface area contributed by atoms with Gasteiger partial charge in [0.05, 0.1) is 17.8 Å². The number of amides is 1. The molecule has 0 radical (unpaired) electrons. The predicted octanol–water partition coefficient (Wildman–Crippen LogP) is 4.55. The zero-order valence-corrected chi connectivity index (χ0v) is 12.3. The maximum atomic E-state index is 13.4. The number of hydrogen-bond donors (Lipinski definition) is 2. The molecule has 0 unspecified atom stereocenters. The highest BCUT2D eigenvalue weighted by atomic mass is 35.5. The van der Waals surface area contributed by atoms with Crippen molar-refractivity contribution in [1.29, 1.82) is 0 Å². The van der Waals surface area contributed by atoms with Gasteiger partial charge in [-0.25, -0.2) is 4.39 Å². The average Bonchev–Trinajstić information content (AvgIpc) is 2.47. The van der Waals surface area contributed by atoms with E-state index in [1.165, 1.54) is 24.3 Å². The Labute approximate surface area is 134 Å². The van der Waals surface area contributed by atoms with Gasteiger partial charge in [0, 0.05) is 10.7 Å². The minimum Gasteiger partial charge on any atom is -0.376 e. The van der Waals surface area contributed by atoms with E-state index in [2.05, 4.69) is 10.6 Å². The summed E-state index contributed by atoms with van der Waals surface area (Å²) < 4.78 is 52.1. The number of para-hydroxylation sites is 1. The summed E-state index contributed by atoms with van der Waals surface area (Å²) in [6.45, 7) is -0.459. The third-order valence-corrected chi connectivity index (χ3v) is 3.11. The van der Waals surface area contributed by atoms with Gasteiger partial charge in [-0.05, 0) is 30.3 Å². The van der Waals surface area contributed by atoms with Crippen LogP contribution in [0.1, 0.15) is 5.56 Å². The minimum absolute atomic E-state index is 0.0496. The van der Waals surface area contributed by atoms with Crippen LogP contribution in [0.4, 0.5) is 28.9 Å². The van der Waals surface area contributed by atoms with Crippen molar-refractivity contribution >= 4 is 28.9 Å². The Morgan fingerprint density at radius 1 is 1.09 bits per heavy atom. The highest BCUT2D eigenvalue weighted by molar-refractivity contribution is 6.30. The lowest BCUT2D eigenvalue weighted by atomic mass is 10.1. The molecule has 0 atom stereocenters. The summed E-state index contributed by atoms with van der Waals surface area (Å²) in [4.78, 5) is 11.7. The lowest BCUT2D eigenvalue weighted by Crippen LogP contribution is -2.23. The number of carbonyl (C=O) groups is 1. The Balaban J connectivity index is 2.06. The summed E-state index contributed by atoms with van der Waals surface area (Å²) in [5.41, 5.74) is -1.32. The van der Waals surface area contributed by atoms with Crippen molar-refractivity contribution in [3.63, 3.8) is 0 Å². The molecule has 23 heavy (non-hydrogen) atoms. The van der Waals surface area contributed by atoms with Crippen molar-refractivity contribution in [3.8, 4) is 0 Å². The third-order valence-electron chi connectivity index (χ3n) is 2.87. The first kappa shape index (κ1) is 17.1. The second-order valence-electron chi connectivity index (χ2n) is 4.57. The number of benzene rings is 2. The van der Waals surface area contributed by atoms with E-state index in [9.17, 15) is 22.4 Å². The topological polar surface area (TPSA) is 41.1 Å². The average molecular weight is 347 g/mol. The van der Waals surface area contributed by atoms with E-state index in [4.69, 9.17) is 11.6 Å². The van der Waals surface area contributed by atoms with Gasteiger partial charge in [0.25, 0.3) is 0 Å². The second kappa shape index (κ2) is 6.87. The van der Waals surface area contributed by atoms with E-state index < -0.39 is 30.0 Å². The number of halogens is 5. The van der Waals surface area contributed by atoms with Gasteiger partial charge in [0.15, 0.2) is 0 Å². The van der Waals surface area contributed by atoms with Crippen LogP contribution in [0.3, 0.4) is 0 Å². The van der Waals surface area contributed by atoms with Gasteiger partial charge in [-0.2, -0.15) is 13.2 Å². The first-order valence-electron chi connectivity index (χ1n) is 6.42. The van der Waals surface area contributed by atoms with Crippen LogP contribution in [0.5, 0.6) is 0 Å². The lowest BCUT2D eigenvalue weighted by Gasteiger charge is -2.15. The first-order valence-corrected chi connectivity index (χ1v) is 6.80. The van der Waals surface area contributed by atoms with Crippen LogP contribution < -0.4 is 10.6 Å². The Kier molecular flexibility index (Phi) is 5.10. The van der Waals surface area contributed by atoms with Crippen LogP contribution in [0, 0.1) is 5.82 Å². The number of nitrogens with one attached hydrogen (secondary N) is 2. The highest BCUT2D eigenvalue weighted by Gasteiger charge is 2.33. The van der Waals surface area contributed by atoms with E-state index in [0.29, 0.717) is 0 Å². The fourth-order valence-corrected chi connectivity index (χ4v) is 2.01. The smallest absolute Gasteiger partial charge is 0.376 e. The van der Waals surface area contributed by atoms with Crippen molar-refractivity contribution in [2.45, 2.75) is 6.18 Å². The first-order chi connectivity index (χ1) is 10.8. The maximum Gasteiger partial charge on any atom is 0.418 e. The molecule has 0 aliphatic heterocycles. The normalized spacial score (nSPS) is 11.2. The molecule has 2 aromatic carbocycles. The summed E-state index contributed by atoms with van der Waals surface area (Å²) in [5.74, 6) is -1.32. The Morgan fingerprint density at radius 3 is 2.43 bits per heavy atom. The van der Waals surface area contributed by atoms with Crippen molar-refractivity contribution in [3.05, 3.63) is 58.9 Å². The fourth-order valence-electron chi connectivity index (χ4n) is 1.84. The molecular formula is C15H11ClF4N2O. The number of hydrogen-bond acceptors (Lipinski definition) is 2. The summed E-state index contributed by atoms with van der Waals surface area (Å²) in [5, 5.41) is 4.57. The maximum absolute atomic E-state index is 13.4. The number of rotatable bonds is 4. The van der Waals surface area contributed by atoms with Crippen LogP contribution >= 0.6 is 11.6 Å². The SMILES string of the molecule is O=C(CNc1ccc(Cl)cc1C(F)(F)F)Nc1ccccc1F. The van der Waals surface area contributed by atoms with E-state index in [1.54, 1.807) is 0 Å². The van der Waals surface area contributed by atoms with Gasteiger partial charge in [0.2, 0.25) is 5.91 Å². The van der Waals surface area contributed by atoms with Crippen LogP contribution in [-0.2, 0) is 11.0 Å². The van der Waals surface area contributed by atoms with Gasteiger partial charge in [-0.3, -0.25) is 4.79 Å². The molecular weight excluding hydrogens is 336 g/mol. The molecule has 3 nitrogen and oxygen atoms in total. The van der Waals surface area contributed by atoms with Crippen LogP contribution in [-0.4, -0.2) is 12.5 Å². The summed E-state index contributed by atoms with van der Waals surface area (Å²) in [6, 6.07) is 8.63. The highest BCUT2D eigenvalue weighted by Crippen LogP contribution is 2.36. The van der Waals surface area contributed by atoms with E-state index in [1.807, 2.05) is 0 Å². The molecule has 0 saturated heterocycles. The van der Waals surface area contributed by atoms with E-state index >= 15 is 0 Å². The van der Waals surface area contributed by atoms with Crippen molar-refractivity contribution in [2.24, 2.45) is 0 Å². The van der Waals surface area contributed by atoms with Gasteiger partial charge >= 0.3 is 6.18 Å². The predicted molar refractivity (Wildman–Crippen MR) is 80.0 cm³/mol. The number of carbonyl (C=O) groups excluding carboxylic acids is 1. The lowest BCUT2D eigenvalue weighted by molar-refractivity contribution is -0.137. The Morgan fingerprint density at radius 2 is 1.78 bits per heavy atom. The molecule has 0 heterocycles. The number of alkyl halides is 3. The molecule has 8 heteroatoms. The van der Waals surface area contributed by atoms with Gasteiger partial charge in [-0.15, -0.1) is 0 Å². The minimum atomic E-state index is -4.62. The van der Waals surface area contributed by atoms with Gasteiger partial charge in [-0.1, -0.05) is 23.7 Å².